The van der Waals surface area contributed by atoms with E-state index in [1.54, 1.807) is 29.3 Å². The molecule has 0 spiro atoms. The summed E-state index contributed by atoms with van der Waals surface area (Å²) < 4.78 is 45.8. The standard InChI is InChI=1S/C38H37Cl2FN6O2S/c39-30-11-9-28(10-12-30)37-35(27-6-2-1-3-7-27)26-47(43-37)38(44-50(48,49)33-16-13-31(40)14-17-33)46-22-20-45(21-23-46)19-5-4-8-29-25-42-36-18-15-32(41)24-34(29)36/h1-3,6-7,9-18,24-25,35,42H,4-5,8,19-23,26H2/b44-38-. The molecule has 5 aromatic rings. The number of guanidine groups is 1. The molecule has 1 unspecified atom stereocenters. The lowest BCUT2D eigenvalue weighted by molar-refractivity contribution is 0.168. The molecule has 0 aliphatic carbocycles. The van der Waals surface area contributed by atoms with Crippen LogP contribution in [0.4, 0.5) is 4.39 Å². The monoisotopic (exact) mass is 730 g/mol. The van der Waals surface area contributed by atoms with Crippen molar-refractivity contribution in [2.75, 3.05) is 39.3 Å². The number of benzene rings is 4. The number of halogens is 3. The van der Waals surface area contributed by atoms with Crippen molar-refractivity contribution < 1.29 is 12.8 Å². The fraction of sp³-hybridized carbons (Fsp3) is 0.263. The summed E-state index contributed by atoms with van der Waals surface area (Å²) in [5.74, 6) is -0.0386. The molecule has 2 aliphatic heterocycles. The molecule has 0 saturated carbocycles. The van der Waals surface area contributed by atoms with Gasteiger partial charge in [-0.3, -0.25) is 4.90 Å². The molecule has 1 N–H and O–H groups in total. The van der Waals surface area contributed by atoms with Crippen LogP contribution >= 0.6 is 23.2 Å². The number of H-pyrrole nitrogens is 1. The Bertz CT molecular complexity index is 2110. The fourth-order valence-electron chi connectivity index (χ4n) is 6.67. The number of rotatable bonds is 9. The molecule has 8 nitrogen and oxygen atoms in total. The minimum atomic E-state index is -4.08. The van der Waals surface area contributed by atoms with Crippen LogP contribution in [0.1, 0.15) is 35.4 Å². The Morgan fingerprint density at radius 2 is 1.58 bits per heavy atom. The Morgan fingerprint density at radius 1 is 0.880 bits per heavy atom. The largest absolute Gasteiger partial charge is 0.361 e. The Balaban J connectivity index is 1.10. The highest BCUT2D eigenvalue weighted by Crippen LogP contribution is 2.31. The molecule has 0 amide bonds. The predicted molar refractivity (Wildman–Crippen MR) is 199 cm³/mol. The van der Waals surface area contributed by atoms with E-state index < -0.39 is 10.0 Å². The highest BCUT2D eigenvalue weighted by molar-refractivity contribution is 7.90. The molecule has 0 bridgehead atoms. The van der Waals surface area contributed by atoms with Gasteiger partial charge in [-0.1, -0.05) is 65.7 Å². The van der Waals surface area contributed by atoms with Crippen molar-refractivity contribution in [2.24, 2.45) is 9.50 Å². The highest BCUT2D eigenvalue weighted by atomic mass is 35.5. The zero-order valence-corrected chi connectivity index (χ0v) is 29.7. The maximum absolute atomic E-state index is 13.8. The number of aromatic nitrogens is 1. The average Bonchev–Trinajstić information content (AvgIpc) is 3.75. The minimum Gasteiger partial charge on any atom is -0.361 e. The van der Waals surface area contributed by atoms with E-state index >= 15 is 0 Å². The van der Waals surface area contributed by atoms with Crippen molar-refractivity contribution in [1.29, 1.82) is 0 Å². The summed E-state index contributed by atoms with van der Waals surface area (Å²) in [6, 6.07) is 28.6. The fourth-order valence-corrected chi connectivity index (χ4v) is 7.93. The van der Waals surface area contributed by atoms with Gasteiger partial charge < -0.3 is 9.88 Å². The van der Waals surface area contributed by atoms with Crippen LogP contribution in [-0.4, -0.2) is 79.2 Å². The molecule has 0 radical (unpaired) electrons. The van der Waals surface area contributed by atoms with E-state index in [9.17, 15) is 12.8 Å². The van der Waals surface area contributed by atoms with Gasteiger partial charge in [0.25, 0.3) is 10.0 Å². The first-order valence-corrected chi connectivity index (χ1v) is 18.9. The summed E-state index contributed by atoms with van der Waals surface area (Å²) in [5.41, 5.74) is 4.89. The average molecular weight is 732 g/mol. The van der Waals surface area contributed by atoms with Gasteiger partial charge in [-0.2, -0.15) is 13.5 Å². The Morgan fingerprint density at radius 3 is 2.30 bits per heavy atom. The number of hydrazone groups is 1. The van der Waals surface area contributed by atoms with Gasteiger partial charge in [0.15, 0.2) is 0 Å². The summed E-state index contributed by atoms with van der Waals surface area (Å²) in [6.07, 6.45) is 4.82. The predicted octanol–water partition coefficient (Wildman–Crippen LogP) is 7.80. The zero-order chi connectivity index (χ0) is 34.7. The van der Waals surface area contributed by atoms with E-state index in [-0.39, 0.29) is 16.6 Å². The van der Waals surface area contributed by atoms with Crippen LogP contribution in [0.3, 0.4) is 0 Å². The van der Waals surface area contributed by atoms with Gasteiger partial charge in [-0.15, -0.1) is 4.40 Å². The molecule has 1 saturated heterocycles. The Kier molecular flexibility index (Phi) is 10.2. The van der Waals surface area contributed by atoms with Crippen molar-refractivity contribution >= 4 is 55.8 Å². The normalized spacial score (nSPS) is 17.5. The van der Waals surface area contributed by atoms with Gasteiger partial charge in [-0.25, -0.2) is 9.40 Å². The topological polar surface area (TPSA) is 84.4 Å². The highest BCUT2D eigenvalue weighted by Gasteiger charge is 2.35. The second-order valence-electron chi connectivity index (χ2n) is 12.6. The first kappa shape index (κ1) is 34.2. The molecule has 258 valence electrons. The van der Waals surface area contributed by atoms with Gasteiger partial charge in [0.05, 0.1) is 17.2 Å². The molecule has 12 heteroatoms. The number of hydrogen-bond donors (Lipinski definition) is 1. The number of fused-ring (bicyclic) bond motifs is 1. The molecule has 3 heterocycles. The summed E-state index contributed by atoms with van der Waals surface area (Å²) in [4.78, 5) is 7.73. The van der Waals surface area contributed by atoms with Crippen molar-refractivity contribution in [1.82, 2.24) is 19.8 Å². The summed E-state index contributed by atoms with van der Waals surface area (Å²) >= 11 is 12.3. The maximum atomic E-state index is 13.8. The first-order valence-electron chi connectivity index (χ1n) is 16.7. The molecule has 50 heavy (non-hydrogen) atoms. The van der Waals surface area contributed by atoms with Crippen molar-refractivity contribution in [3.05, 3.63) is 136 Å². The number of unbranched alkanes of at least 4 members (excludes halogenated alkanes) is 1. The van der Waals surface area contributed by atoms with Crippen LogP contribution in [0.5, 0.6) is 0 Å². The van der Waals surface area contributed by atoms with Crippen LogP contribution in [0, 0.1) is 5.82 Å². The number of sulfonamides is 1. The van der Waals surface area contributed by atoms with Gasteiger partial charge in [0, 0.05) is 59.2 Å². The van der Waals surface area contributed by atoms with Gasteiger partial charge >= 0.3 is 0 Å². The van der Waals surface area contributed by atoms with Crippen molar-refractivity contribution in [3.8, 4) is 0 Å². The lowest BCUT2D eigenvalue weighted by atomic mass is 9.91. The first-order chi connectivity index (χ1) is 24.2. The quantitative estimate of drug-likeness (QED) is 0.0951. The van der Waals surface area contributed by atoms with Gasteiger partial charge in [0.2, 0.25) is 5.96 Å². The third-order valence-corrected chi connectivity index (χ3v) is 11.1. The number of piperazine rings is 1. The van der Waals surface area contributed by atoms with Crippen LogP contribution in [0.25, 0.3) is 10.9 Å². The van der Waals surface area contributed by atoms with Gasteiger partial charge in [0.1, 0.15) is 5.82 Å². The van der Waals surface area contributed by atoms with E-state index in [4.69, 9.17) is 28.3 Å². The number of hydrogen-bond acceptors (Lipinski definition) is 4. The minimum absolute atomic E-state index is 0.0664. The zero-order valence-electron chi connectivity index (χ0n) is 27.4. The second-order valence-corrected chi connectivity index (χ2v) is 15.1. The lowest BCUT2D eigenvalue weighted by Gasteiger charge is -2.38. The third-order valence-electron chi connectivity index (χ3n) is 9.36. The molecular weight excluding hydrogens is 694 g/mol. The summed E-state index contributed by atoms with van der Waals surface area (Å²) in [6.45, 7) is 4.03. The Hall–Kier alpha value is -4.22. The molecule has 1 aromatic heterocycles. The van der Waals surface area contributed by atoms with E-state index in [0.29, 0.717) is 35.6 Å². The Labute approximate surface area is 301 Å². The molecule has 1 fully saturated rings. The van der Waals surface area contributed by atoms with Crippen molar-refractivity contribution in [3.63, 3.8) is 0 Å². The maximum Gasteiger partial charge on any atom is 0.285 e. The van der Waals surface area contributed by atoms with E-state index in [2.05, 4.69) is 26.4 Å². The molecule has 4 aromatic carbocycles. The third kappa shape index (κ3) is 7.73. The number of aryl methyl sites for hydroxylation is 1. The van der Waals surface area contributed by atoms with Gasteiger partial charge in [-0.05, 0) is 97.1 Å². The second kappa shape index (κ2) is 14.9. The number of nitrogens with zero attached hydrogens (tertiary/aromatic N) is 5. The van der Waals surface area contributed by atoms with E-state index in [0.717, 1.165) is 72.2 Å². The molecule has 2 aliphatic rings. The smallest absolute Gasteiger partial charge is 0.285 e. The SMILES string of the molecule is O=S(=O)(/N=C(/N1CCN(CCCCc2c[nH]c3ccc(F)cc23)CC1)N1CC(c2ccccc2)C(c2ccc(Cl)cc2)=N1)c1ccc(Cl)cc1. The van der Waals surface area contributed by atoms with Crippen LogP contribution < -0.4 is 0 Å². The number of nitrogens with one attached hydrogen (secondary N) is 1. The van der Waals surface area contributed by atoms with Crippen LogP contribution in [-0.2, 0) is 16.4 Å². The summed E-state index contributed by atoms with van der Waals surface area (Å²) in [7, 11) is -4.08. The number of aromatic amines is 1. The molecule has 7 rings (SSSR count). The molecular formula is C38H37Cl2FN6O2S. The van der Waals surface area contributed by atoms with Crippen molar-refractivity contribution in [2.45, 2.75) is 30.1 Å². The molecule has 1 atom stereocenters. The summed E-state index contributed by atoms with van der Waals surface area (Å²) in [5, 5.41) is 8.81. The van der Waals surface area contributed by atoms with E-state index in [1.807, 2.05) is 53.6 Å². The van der Waals surface area contributed by atoms with E-state index in [1.165, 1.54) is 18.2 Å². The van der Waals surface area contributed by atoms with Crippen LogP contribution in [0.2, 0.25) is 10.0 Å². The lowest BCUT2D eigenvalue weighted by Crippen LogP contribution is -2.52. The van der Waals surface area contributed by atoms with Crippen LogP contribution in [0.15, 0.2) is 118 Å².